The van der Waals surface area contributed by atoms with Gasteiger partial charge in [-0.15, -0.1) is 0 Å². The van der Waals surface area contributed by atoms with Crippen LogP contribution in [0, 0.1) is 0 Å². The predicted molar refractivity (Wildman–Crippen MR) is 103 cm³/mol. The van der Waals surface area contributed by atoms with E-state index >= 15 is 0 Å². The van der Waals surface area contributed by atoms with E-state index in [9.17, 15) is 4.79 Å². The highest BCUT2D eigenvalue weighted by Crippen LogP contribution is 2.22. The molecule has 132 valence electrons. The number of hydrogen-bond donors (Lipinski definition) is 2. The molecule has 26 heavy (non-hydrogen) atoms. The molecule has 3 rings (SSSR count). The van der Waals surface area contributed by atoms with Gasteiger partial charge in [-0.1, -0.05) is 42.5 Å². The van der Waals surface area contributed by atoms with Crippen LogP contribution in [0.25, 0.3) is 0 Å². The normalized spacial score (nSPS) is 10.5. The zero-order valence-corrected chi connectivity index (χ0v) is 14.5. The molecule has 0 fully saturated rings. The van der Waals surface area contributed by atoms with Crippen LogP contribution in [0.2, 0.25) is 0 Å². The molecular formula is C22H22N2O2. The number of nitrogens with two attached hydrogens (primary N) is 1. The lowest BCUT2D eigenvalue weighted by Crippen LogP contribution is -2.16. The number of ether oxygens (including phenoxy) is 1. The van der Waals surface area contributed by atoms with Gasteiger partial charge in [-0.05, 0) is 60.5 Å². The van der Waals surface area contributed by atoms with E-state index in [-0.39, 0.29) is 0 Å². The zero-order valence-electron chi connectivity index (χ0n) is 14.5. The summed E-state index contributed by atoms with van der Waals surface area (Å²) in [4.78, 5) is 11.1. The average molecular weight is 346 g/mol. The fourth-order valence-electron chi connectivity index (χ4n) is 2.61. The SMILES string of the molecule is NC(=O)c1ccc(Oc2ccc(CCNCc3ccccc3)cc2)cc1. The Balaban J connectivity index is 1.46. The lowest BCUT2D eigenvalue weighted by Gasteiger charge is -2.08. The first-order valence-electron chi connectivity index (χ1n) is 8.62. The van der Waals surface area contributed by atoms with Crippen LogP contribution in [0.1, 0.15) is 21.5 Å². The largest absolute Gasteiger partial charge is 0.457 e. The van der Waals surface area contributed by atoms with E-state index < -0.39 is 5.91 Å². The minimum Gasteiger partial charge on any atom is -0.457 e. The third-order valence-electron chi connectivity index (χ3n) is 4.06. The molecule has 0 radical (unpaired) electrons. The first-order valence-corrected chi connectivity index (χ1v) is 8.62. The van der Waals surface area contributed by atoms with Crippen molar-refractivity contribution in [2.24, 2.45) is 5.73 Å². The molecule has 0 aliphatic rings. The van der Waals surface area contributed by atoms with Gasteiger partial charge >= 0.3 is 0 Å². The summed E-state index contributed by atoms with van der Waals surface area (Å²) in [5.41, 5.74) is 8.24. The highest BCUT2D eigenvalue weighted by Gasteiger charge is 2.02. The second-order valence-electron chi connectivity index (χ2n) is 6.05. The topological polar surface area (TPSA) is 64.4 Å². The first-order chi connectivity index (χ1) is 12.7. The number of carbonyl (C=O) groups is 1. The fraction of sp³-hybridized carbons (Fsp3) is 0.136. The molecule has 4 heteroatoms. The molecule has 0 bridgehead atoms. The van der Waals surface area contributed by atoms with Crippen molar-refractivity contribution >= 4 is 5.91 Å². The van der Waals surface area contributed by atoms with Crippen LogP contribution in [-0.4, -0.2) is 12.5 Å². The minimum absolute atomic E-state index is 0.443. The number of rotatable bonds is 8. The fourth-order valence-corrected chi connectivity index (χ4v) is 2.61. The van der Waals surface area contributed by atoms with Crippen molar-refractivity contribution in [3.63, 3.8) is 0 Å². The Kier molecular flexibility index (Phi) is 6.01. The molecule has 3 aromatic carbocycles. The molecule has 0 spiro atoms. The van der Waals surface area contributed by atoms with Crippen molar-refractivity contribution in [2.45, 2.75) is 13.0 Å². The van der Waals surface area contributed by atoms with Crippen molar-refractivity contribution in [3.05, 3.63) is 95.6 Å². The summed E-state index contributed by atoms with van der Waals surface area (Å²) in [6.45, 7) is 1.80. The van der Waals surface area contributed by atoms with Crippen LogP contribution in [0.3, 0.4) is 0 Å². The summed E-state index contributed by atoms with van der Waals surface area (Å²) in [6.07, 6.45) is 0.959. The molecule has 3 N–H and O–H groups in total. The van der Waals surface area contributed by atoms with E-state index in [1.807, 2.05) is 18.2 Å². The summed E-state index contributed by atoms with van der Waals surface area (Å²) >= 11 is 0. The molecule has 3 aromatic rings. The number of primary amides is 1. The van der Waals surface area contributed by atoms with Gasteiger partial charge in [0, 0.05) is 12.1 Å². The lowest BCUT2D eigenvalue weighted by atomic mass is 10.1. The molecule has 0 atom stereocenters. The minimum atomic E-state index is -0.443. The monoisotopic (exact) mass is 346 g/mol. The van der Waals surface area contributed by atoms with Crippen LogP contribution in [0.15, 0.2) is 78.9 Å². The molecule has 0 aliphatic heterocycles. The van der Waals surface area contributed by atoms with Gasteiger partial charge in [-0.25, -0.2) is 0 Å². The van der Waals surface area contributed by atoms with Crippen molar-refractivity contribution in [1.82, 2.24) is 5.32 Å². The number of carbonyl (C=O) groups excluding carboxylic acids is 1. The standard InChI is InChI=1S/C22H22N2O2/c23-22(25)19-8-12-21(13-9-19)26-20-10-6-17(7-11-20)14-15-24-16-18-4-2-1-3-5-18/h1-13,24H,14-16H2,(H2,23,25). The first kappa shape index (κ1) is 17.7. The second-order valence-corrected chi connectivity index (χ2v) is 6.05. The smallest absolute Gasteiger partial charge is 0.248 e. The Labute approximate surface area is 153 Å². The molecule has 0 heterocycles. The van der Waals surface area contributed by atoms with E-state index in [2.05, 4.69) is 41.7 Å². The molecule has 0 unspecified atom stereocenters. The van der Waals surface area contributed by atoms with Gasteiger partial charge < -0.3 is 15.8 Å². The Morgan fingerprint density at radius 2 is 1.42 bits per heavy atom. The van der Waals surface area contributed by atoms with Crippen LogP contribution in [0.4, 0.5) is 0 Å². The van der Waals surface area contributed by atoms with Gasteiger partial charge in [-0.3, -0.25) is 4.79 Å². The summed E-state index contributed by atoms with van der Waals surface area (Å²) < 4.78 is 5.78. The van der Waals surface area contributed by atoms with Gasteiger partial charge in [0.05, 0.1) is 0 Å². The molecule has 1 amide bonds. The summed E-state index contributed by atoms with van der Waals surface area (Å²) in [7, 11) is 0. The number of nitrogens with one attached hydrogen (secondary N) is 1. The van der Waals surface area contributed by atoms with Gasteiger partial charge in [0.15, 0.2) is 0 Å². The maximum atomic E-state index is 11.1. The Morgan fingerprint density at radius 3 is 2.04 bits per heavy atom. The quantitative estimate of drug-likeness (QED) is 0.608. The molecule has 4 nitrogen and oxygen atoms in total. The lowest BCUT2D eigenvalue weighted by molar-refractivity contribution is 0.100. The Bertz CT molecular complexity index is 828. The number of hydrogen-bond acceptors (Lipinski definition) is 3. The van der Waals surface area contributed by atoms with Gasteiger partial charge in [-0.2, -0.15) is 0 Å². The van der Waals surface area contributed by atoms with Gasteiger partial charge in [0.1, 0.15) is 11.5 Å². The van der Waals surface area contributed by atoms with E-state index in [1.165, 1.54) is 11.1 Å². The third kappa shape index (κ3) is 5.19. The maximum Gasteiger partial charge on any atom is 0.248 e. The highest BCUT2D eigenvalue weighted by molar-refractivity contribution is 5.92. The predicted octanol–water partition coefficient (Wildman–Crippen LogP) is 3.91. The van der Waals surface area contributed by atoms with E-state index in [4.69, 9.17) is 10.5 Å². The molecule has 0 saturated heterocycles. The summed E-state index contributed by atoms with van der Waals surface area (Å²) in [6, 6.07) is 25.2. The molecule has 0 aromatic heterocycles. The Hall–Kier alpha value is -3.11. The summed E-state index contributed by atoms with van der Waals surface area (Å²) in [5.74, 6) is 0.992. The number of amides is 1. The van der Waals surface area contributed by atoms with E-state index in [0.717, 1.165) is 25.3 Å². The molecule has 0 aliphatic carbocycles. The Morgan fingerprint density at radius 1 is 0.808 bits per heavy atom. The van der Waals surface area contributed by atoms with E-state index in [1.54, 1.807) is 24.3 Å². The second kappa shape index (κ2) is 8.83. The van der Waals surface area contributed by atoms with Gasteiger partial charge in [0.25, 0.3) is 0 Å². The van der Waals surface area contributed by atoms with Crippen molar-refractivity contribution < 1.29 is 9.53 Å². The maximum absolute atomic E-state index is 11.1. The number of benzene rings is 3. The van der Waals surface area contributed by atoms with Crippen LogP contribution < -0.4 is 15.8 Å². The molecule has 0 saturated carbocycles. The van der Waals surface area contributed by atoms with Crippen molar-refractivity contribution in [3.8, 4) is 11.5 Å². The zero-order chi connectivity index (χ0) is 18.2. The van der Waals surface area contributed by atoms with Crippen LogP contribution in [-0.2, 0) is 13.0 Å². The third-order valence-corrected chi connectivity index (χ3v) is 4.06. The van der Waals surface area contributed by atoms with E-state index in [0.29, 0.717) is 11.3 Å². The van der Waals surface area contributed by atoms with Crippen LogP contribution >= 0.6 is 0 Å². The van der Waals surface area contributed by atoms with Gasteiger partial charge in [0.2, 0.25) is 5.91 Å². The average Bonchev–Trinajstić information content (AvgIpc) is 2.68. The van der Waals surface area contributed by atoms with Crippen LogP contribution in [0.5, 0.6) is 11.5 Å². The highest BCUT2D eigenvalue weighted by atomic mass is 16.5. The summed E-state index contributed by atoms with van der Waals surface area (Å²) in [5, 5.41) is 3.45. The molecular weight excluding hydrogens is 324 g/mol. The van der Waals surface area contributed by atoms with Crippen molar-refractivity contribution in [2.75, 3.05) is 6.54 Å². The van der Waals surface area contributed by atoms with Crippen molar-refractivity contribution in [1.29, 1.82) is 0 Å².